The van der Waals surface area contributed by atoms with E-state index >= 15 is 0 Å². The second-order valence-corrected chi connectivity index (χ2v) is 7.76. The first-order chi connectivity index (χ1) is 15.1. The van der Waals surface area contributed by atoms with Gasteiger partial charge in [0.05, 0.1) is 19.1 Å². The minimum atomic E-state index is -0.813. The average Bonchev–Trinajstić information content (AvgIpc) is 3.27. The number of nitrogens with one attached hydrogen (secondary N) is 2. The fourth-order valence-electron chi connectivity index (χ4n) is 3.92. The molecule has 160 valence electrons. The standard InChI is InChI=1S/C23H23ClN4O3/c1-31-22(29)19(13-15-7-3-2-4-8-15)27-23(30)28-12-11-18-20(26-14-25-18)21(28)16-9-5-6-10-17(16)24/h2-10,14,19,21H,11-13H2,1H3,(H,25,26)(H,27,30)/t19-,21?/m0/s1. The van der Waals surface area contributed by atoms with Gasteiger partial charge in [-0.05, 0) is 17.2 Å². The van der Waals surface area contributed by atoms with Crippen LogP contribution in [0.5, 0.6) is 0 Å². The van der Waals surface area contributed by atoms with Crippen LogP contribution in [0.1, 0.15) is 28.6 Å². The zero-order valence-electron chi connectivity index (χ0n) is 17.0. The maximum atomic E-state index is 13.4. The highest BCUT2D eigenvalue weighted by Crippen LogP contribution is 2.36. The van der Waals surface area contributed by atoms with Crippen molar-refractivity contribution in [3.8, 4) is 0 Å². The molecule has 7 nitrogen and oxygen atoms in total. The first-order valence-corrected chi connectivity index (χ1v) is 10.4. The summed E-state index contributed by atoms with van der Waals surface area (Å²) >= 11 is 6.48. The number of urea groups is 1. The van der Waals surface area contributed by atoms with Crippen LogP contribution in [0.25, 0.3) is 0 Å². The van der Waals surface area contributed by atoms with E-state index in [1.54, 1.807) is 17.3 Å². The molecule has 2 aromatic carbocycles. The Morgan fingerprint density at radius 3 is 2.71 bits per heavy atom. The number of aromatic amines is 1. The van der Waals surface area contributed by atoms with Crippen LogP contribution < -0.4 is 5.32 Å². The van der Waals surface area contributed by atoms with Gasteiger partial charge in [0.15, 0.2) is 0 Å². The molecule has 1 unspecified atom stereocenters. The molecule has 3 aromatic rings. The summed E-state index contributed by atoms with van der Waals surface area (Å²) in [6.45, 7) is 0.455. The van der Waals surface area contributed by atoms with Gasteiger partial charge < -0.3 is 19.9 Å². The quantitative estimate of drug-likeness (QED) is 0.597. The zero-order chi connectivity index (χ0) is 21.8. The third-order valence-corrected chi connectivity index (χ3v) is 5.80. The molecule has 2 heterocycles. The molecule has 31 heavy (non-hydrogen) atoms. The van der Waals surface area contributed by atoms with Crippen molar-refractivity contribution in [2.75, 3.05) is 13.7 Å². The van der Waals surface area contributed by atoms with Gasteiger partial charge >= 0.3 is 12.0 Å². The van der Waals surface area contributed by atoms with Gasteiger partial charge in [-0.2, -0.15) is 0 Å². The molecule has 2 atom stereocenters. The number of H-pyrrole nitrogens is 1. The molecule has 8 heteroatoms. The molecule has 2 amide bonds. The summed E-state index contributed by atoms with van der Waals surface area (Å²) < 4.78 is 4.94. The van der Waals surface area contributed by atoms with Crippen LogP contribution in [0.4, 0.5) is 4.79 Å². The van der Waals surface area contributed by atoms with Crippen molar-refractivity contribution >= 4 is 23.6 Å². The van der Waals surface area contributed by atoms with Crippen LogP contribution in [0, 0.1) is 0 Å². The average molecular weight is 439 g/mol. The number of esters is 1. The summed E-state index contributed by atoms with van der Waals surface area (Å²) in [5, 5.41) is 3.41. The molecule has 0 fully saturated rings. The number of hydrogen-bond acceptors (Lipinski definition) is 4. The normalized spacial score (nSPS) is 16.3. The molecule has 2 N–H and O–H groups in total. The number of methoxy groups -OCH3 is 1. The van der Waals surface area contributed by atoms with E-state index in [4.69, 9.17) is 16.3 Å². The lowest BCUT2D eigenvalue weighted by Crippen LogP contribution is -2.52. The molecule has 0 bridgehead atoms. The van der Waals surface area contributed by atoms with Crippen LogP contribution in [-0.2, 0) is 22.4 Å². The number of halogens is 1. The largest absolute Gasteiger partial charge is 0.467 e. The summed E-state index contributed by atoms with van der Waals surface area (Å²) in [5.41, 5.74) is 3.44. The van der Waals surface area contributed by atoms with Gasteiger partial charge in [0.2, 0.25) is 0 Å². The Balaban J connectivity index is 1.62. The summed E-state index contributed by atoms with van der Waals surface area (Å²) in [6, 6.07) is 15.3. The van der Waals surface area contributed by atoms with Gasteiger partial charge in [-0.15, -0.1) is 0 Å². The van der Waals surface area contributed by atoms with Crippen LogP contribution in [-0.4, -0.2) is 46.6 Å². The van der Waals surface area contributed by atoms with E-state index < -0.39 is 18.1 Å². The van der Waals surface area contributed by atoms with Gasteiger partial charge in [0.1, 0.15) is 12.1 Å². The molecule has 1 aliphatic heterocycles. The summed E-state index contributed by atoms with van der Waals surface area (Å²) in [4.78, 5) is 35.1. The number of rotatable bonds is 5. The fourth-order valence-corrected chi connectivity index (χ4v) is 4.16. The van der Waals surface area contributed by atoms with Crippen LogP contribution >= 0.6 is 11.6 Å². The number of imidazole rings is 1. The second kappa shape index (κ2) is 9.22. The molecular weight excluding hydrogens is 416 g/mol. The van der Waals surface area contributed by atoms with Crippen molar-refractivity contribution in [1.82, 2.24) is 20.2 Å². The highest BCUT2D eigenvalue weighted by Gasteiger charge is 2.36. The Morgan fingerprint density at radius 2 is 1.97 bits per heavy atom. The number of amides is 2. The van der Waals surface area contributed by atoms with Gasteiger partial charge in [-0.1, -0.05) is 60.1 Å². The number of carbonyl (C=O) groups is 2. The monoisotopic (exact) mass is 438 g/mol. The first kappa shape index (κ1) is 20.9. The lowest BCUT2D eigenvalue weighted by atomic mass is 9.96. The van der Waals surface area contributed by atoms with Crippen molar-refractivity contribution in [1.29, 1.82) is 0 Å². The lowest BCUT2D eigenvalue weighted by Gasteiger charge is -2.36. The van der Waals surface area contributed by atoms with E-state index in [0.29, 0.717) is 24.4 Å². The molecule has 0 radical (unpaired) electrons. The molecule has 1 aliphatic rings. The minimum absolute atomic E-state index is 0.331. The smallest absolute Gasteiger partial charge is 0.328 e. The van der Waals surface area contributed by atoms with E-state index in [0.717, 1.165) is 22.5 Å². The molecule has 4 rings (SSSR count). The van der Waals surface area contributed by atoms with Crippen LogP contribution in [0.15, 0.2) is 60.9 Å². The molecule has 0 aliphatic carbocycles. The van der Waals surface area contributed by atoms with Gasteiger partial charge in [0.25, 0.3) is 0 Å². The topological polar surface area (TPSA) is 87.3 Å². The highest BCUT2D eigenvalue weighted by molar-refractivity contribution is 6.31. The number of hydrogen-bond donors (Lipinski definition) is 2. The number of carbonyl (C=O) groups excluding carboxylic acids is 2. The summed E-state index contributed by atoms with van der Waals surface area (Å²) in [7, 11) is 1.32. The van der Waals surface area contributed by atoms with Crippen molar-refractivity contribution in [3.05, 3.63) is 88.5 Å². The van der Waals surface area contributed by atoms with Gasteiger partial charge in [-0.3, -0.25) is 0 Å². The summed E-state index contributed by atoms with van der Waals surface area (Å²) in [6.07, 6.45) is 2.59. The van der Waals surface area contributed by atoms with E-state index in [-0.39, 0.29) is 6.03 Å². The Hall–Kier alpha value is -3.32. The van der Waals surface area contributed by atoms with Crippen molar-refractivity contribution in [2.45, 2.75) is 24.9 Å². The van der Waals surface area contributed by atoms with Gasteiger partial charge in [0, 0.05) is 30.1 Å². The molecule has 0 spiro atoms. The number of benzene rings is 2. The third-order valence-electron chi connectivity index (χ3n) is 5.45. The highest BCUT2D eigenvalue weighted by atomic mass is 35.5. The SMILES string of the molecule is COC(=O)[C@H](Cc1ccccc1)NC(=O)N1CCc2[nH]cnc2C1c1ccccc1Cl. The lowest BCUT2D eigenvalue weighted by molar-refractivity contribution is -0.142. The number of fused-ring (bicyclic) bond motifs is 1. The van der Waals surface area contributed by atoms with Gasteiger partial charge in [-0.25, -0.2) is 14.6 Å². The van der Waals surface area contributed by atoms with E-state index in [1.807, 2.05) is 48.5 Å². The van der Waals surface area contributed by atoms with E-state index in [9.17, 15) is 9.59 Å². The number of nitrogens with zero attached hydrogens (tertiary/aromatic N) is 2. The van der Waals surface area contributed by atoms with Crippen molar-refractivity contribution in [3.63, 3.8) is 0 Å². The minimum Gasteiger partial charge on any atom is -0.467 e. The zero-order valence-corrected chi connectivity index (χ0v) is 17.8. The molecular formula is C23H23ClN4O3. The molecule has 0 saturated heterocycles. The Labute approximate surface area is 185 Å². The van der Waals surface area contributed by atoms with Crippen LogP contribution in [0.2, 0.25) is 5.02 Å². The third kappa shape index (κ3) is 4.41. The second-order valence-electron chi connectivity index (χ2n) is 7.35. The Kier molecular flexibility index (Phi) is 6.23. The predicted molar refractivity (Wildman–Crippen MR) is 117 cm³/mol. The number of ether oxygens (including phenoxy) is 1. The van der Waals surface area contributed by atoms with Crippen LogP contribution in [0.3, 0.4) is 0 Å². The predicted octanol–water partition coefficient (Wildman–Crippen LogP) is 3.50. The summed E-state index contributed by atoms with van der Waals surface area (Å²) in [5.74, 6) is -0.496. The molecule has 0 saturated carbocycles. The number of aromatic nitrogens is 2. The maximum absolute atomic E-state index is 13.4. The van der Waals surface area contributed by atoms with Crippen molar-refractivity contribution in [2.24, 2.45) is 0 Å². The van der Waals surface area contributed by atoms with E-state index in [2.05, 4.69) is 15.3 Å². The maximum Gasteiger partial charge on any atom is 0.328 e. The fraction of sp³-hybridized carbons (Fsp3) is 0.261. The molecule has 1 aromatic heterocycles. The Bertz CT molecular complexity index is 1070. The van der Waals surface area contributed by atoms with Crippen molar-refractivity contribution < 1.29 is 14.3 Å². The van der Waals surface area contributed by atoms with E-state index in [1.165, 1.54) is 7.11 Å². The Morgan fingerprint density at radius 1 is 1.23 bits per heavy atom. The first-order valence-electron chi connectivity index (χ1n) is 10.0.